The van der Waals surface area contributed by atoms with Crippen molar-refractivity contribution in [3.63, 3.8) is 0 Å². The number of para-hydroxylation sites is 2. The summed E-state index contributed by atoms with van der Waals surface area (Å²) in [5, 5.41) is 6.32. The van der Waals surface area contributed by atoms with Gasteiger partial charge in [-0.3, -0.25) is 4.79 Å². The number of anilines is 2. The van der Waals surface area contributed by atoms with Crippen molar-refractivity contribution in [2.75, 3.05) is 17.2 Å². The topological polar surface area (TPSA) is 41.1 Å². The first-order chi connectivity index (χ1) is 10.6. The van der Waals surface area contributed by atoms with Crippen LogP contribution in [0.4, 0.5) is 11.4 Å². The lowest BCUT2D eigenvalue weighted by Crippen LogP contribution is -2.18. The first-order valence-corrected chi connectivity index (χ1v) is 7.76. The third-order valence-electron chi connectivity index (χ3n) is 3.65. The predicted molar refractivity (Wildman–Crippen MR) is 93.4 cm³/mol. The van der Waals surface area contributed by atoms with Gasteiger partial charge in [0.1, 0.15) is 0 Å². The van der Waals surface area contributed by atoms with Crippen molar-refractivity contribution in [1.29, 1.82) is 0 Å². The largest absolute Gasteiger partial charge is 0.385 e. The number of aryl methyl sites for hydroxylation is 1. The van der Waals surface area contributed by atoms with Crippen LogP contribution in [-0.2, 0) is 4.79 Å². The minimum atomic E-state index is 0.0413. The van der Waals surface area contributed by atoms with Gasteiger partial charge in [0, 0.05) is 24.3 Å². The molecule has 3 heteroatoms. The van der Waals surface area contributed by atoms with Gasteiger partial charge in [-0.1, -0.05) is 50.2 Å². The Morgan fingerprint density at radius 3 is 2.45 bits per heavy atom. The molecule has 0 aliphatic carbocycles. The highest BCUT2D eigenvalue weighted by molar-refractivity contribution is 5.92. The van der Waals surface area contributed by atoms with Gasteiger partial charge < -0.3 is 10.6 Å². The van der Waals surface area contributed by atoms with Gasteiger partial charge in [0.2, 0.25) is 5.91 Å². The molecule has 2 aromatic rings. The maximum Gasteiger partial charge on any atom is 0.226 e. The number of rotatable bonds is 6. The number of hydrogen-bond acceptors (Lipinski definition) is 2. The van der Waals surface area contributed by atoms with Crippen molar-refractivity contribution in [1.82, 2.24) is 0 Å². The first-order valence-electron chi connectivity index (χ1n) is 7.76. The molecule has 2 rings (SSSR count). The van der Waals surface area contributed by atoms with Crippen LogP contribution in [0.15, 0.2) is 48.5 Å². The summed E-state index contributed by atoms with van der Waals surface area (Å²) >= 11 is 0. The number of hydrogen-bond donors (Lipinski definition) is 2. The Morgan fingerprint density at radius 2 is 1.77 bits per heavy atom. The second kappa shape index (κ2) is 7.64. The highest BCUT2D eigenvalue weighted by Crippen LogP contribution is 2.27. The summed E-state index contributed by atoms with van der Waals surface area (Å²) in [5.41, 5.74) is 4.29. The van der Waals surface area contributed by atoms with E-state index in [0.29, 0.717) is 18.9 Å². The average Bonchev–Trinajstić information content (AvgIpc) is 2.50. The molecule has 0 aliphatic heterocycles. The van der Waals surface area contributed by atoms with Crippen LogP contribution in [0.5, 0.6) is 0 Å². The molecule has 0 unspecified atom stereocenters. The highest BCUT2D eigenvalue weighted by Gasteiger charge is 2.11. The van der Waals surface area contributed by atoms with Crippen LogP contribution in [0.25, 0.3) is 0 Å². The lowest BCUT2D eigenvalue weighted by Gasteiger charge is -2.16. The van der Waals surface area contributed by atoms with E-state index in [-0.39, 0.29) is 5.91 Å². The lowest BCUT2D eigenvalue weighted by atomic mass is 9.98. The van der Waals surface area contributed by atoms with Gasteiger partial charge in [-0.2, -0.15) is 0 Å². The van der Waals surface area contributed by atoms with E-state index < -0.39 is 0 Å². The van der Waals surface area contributed by atoms with Crippen molar-refractivity contribution < 1.29 is 4.79 Å². The number of nitrogens with one attached hydrogen (secondary N) is 2. The molecule has 0 atom stereocenters. The summed E-state index contributed by atoms with van der Waals surface area (Å²) in [6.45, 7) is 6.94. The van der Waals surface area contributed by atoms with E-state index in [1.165, 1.54) is 5.56 Å². The average molecular weight is 296 g/mol. The quantitative estimate of drug-likeness (QED) is 0.820. The molecular formula is C19H24N2O. The van der Waals surface area contributed by atoms with E-state index in [1.54, 1.807) is 0 Å². The normalized spacial score (nSPS) is 10.5. The Kier molecular flexibility index (Phi) is 5.59. The summed E-state index contributed by atoms with van der Waals surface area (Å²) in [6.07, 6.45) is 0.445. The molecule has 0 aliphatic rings. The van der Waals surface area contributed by atoms with Crippen LogP contribution in [0, 0.1) is 6.92 Å². The number of benzene rings is 2. The third kappa shape index (κ3) is 4.35. The highest BCUT2D eigenvalue weighted by atomic mass is 16.1. The molecule has 0 saturated heterocycles. The van der Waals surface area contributed by atoms with Gasteiger partial charge >= 0.3 is 0 Å². The SMILES string of the molecule is Cc1cccc(C(C)C)c1NC(=O)CCNc1ccccc1. The third-order valence-corrected chi connectivity index (χ3v) is 3.65. The van der Waals surface area contributed by atoms with E-state index in [9.17, 15) is 4.79 Å². The fraction of sp³-hybridized carbons (Fsp3) is 0.316. The van der Waals surface area contributed by atoms with Gasteiger partial charge in [-0.05, 0) is 36.1 Å². The molecule has 3 nitrogen and oxygen atoms in total. The van der Waals surface area contributed by atoms with Crippen molar-refractivity contribution in [3.8, 4) is 0 Å². The van der Waals surface area contributed by atoms with Gasteiger partial charge in [0.25, 0.3) is 0 Å². The molecule has 1 amide bonds. The maximum absolute atomic E-state index is 12.2. The summed E-state index contributed by atoms with van der Waals surface area (Å²) < 4.78 is 0. The molecule has 22 heavy (non-hydrogen) atoms. The standard InChI is InChI=1S/C19H24N2O/c1-14(2)17-11-7-8-15(3)19(17)21-18(22)12-13-20-16-9-5-4-6-10-16/h4-11,14,20H,12-13H2,1-3H3,(H,21,22). The van der Waals surface area contributed by atoms with Crippen molar-refractivity contribution in [3.05, 3.63) is 59.7 Å². The minimum Gasteiger partial charge on any atom is -0.385 e. The summed E-state index contributed by atoms with van der Waals surface area (Å²) in [7, 11) is 0. The Hall–Kier alpha value is -2.29. The molecule has 0 fully saturated rings. The van der Waals surface area contributed by atoms with Crippen LogP contribution in [0.3, 0.4) is 0 Å². The maximum atomic E-state index is 12.2. The van der Waals surface area contributed by atoms with E-state index in [1.807, 2.05) is 49.4 Å². The summed E-state index contributed by atoms with van der Waals surface area (Å²) in [5.74, 6) is 0.428. The molecule has 0 aromatic heterocycles. The first kappa shape index (κ1) is 16.1. The number of amides is 1. The van der Waals surface area contributed by atoms with E-state index in [2.05, 4.69) is 30.5 Å². The molecule has 0 bridgehead atoms. The molecule has 2 N–H and O–H groups in total. The van der Waals surface area contributed by atoms with Gasteiger partial charge in [-0.15, -0.1) is 0 Å². The van der Waals surface area contributed by atoms with Crippen LogP contribution < -0.4 is 10.6 Å². The second-order valence-corrected chi connectivity index (χ2v) is 5.78. The molecule has 2 aromatic carbocycles. The Bertz CT molecular complexity index is 621. The molecular weight excluding hydrogens is 272 g/mol. The molecule has 0 radical (unpaired) electrons. The predicted octanol–water partition coefficient (Wildman–Crippen LogP) is 4.56. The zero-order valence-corrected chi connectivity index (χ0v) is 13.5. The Labute approximate surface area is 132 Å². The van der Waals surface area contributed by atoms with Crippen LogP contribution in [0.2, 0.25) is 0 Å². The van der Waals surface area contributed by atoms with Crippen LogP contribution >= 0.6 is 0 Å². The van der Waals surface area contributed by atoms with E-state index >= 15 is 0 Å². The van der Waals surface area contributed by atoms with E-state index in [4.69, 9.17) is 0 Å². The number of carbonyl (C=O) groups excluding carboxylic acids is 1. The molecule has 0 spiro atoms. The van der Waals surface area contributed by atoms with E-state index in [0.717, 1.165) is 16.9 Å². The molecule has 0 saturated carbocycles. The minimum absolute atomic E-state index is 0.0413. The Balaban J connectivity index is 1.92. The molecule has 0 heterocycles. The summed E-state index contributed by atoms with van der Waals surface area (Å²) in [6, 6.07) is 16.1. The fourth-order valence-electron chi connectivity index (χ4n) is 2.42. The van der Waals surface area contributed by atoms with Gasteiger partial charge in [0.15, 0.2) is 0 Å². The van der Waals surface area contributed by atoms with Crippen molar-refractivity contribution >= 4 is 17.3 Å². The fourth-order valence-corrected chi connectivity index (χ4v) is 2.42. The zero-order chi connectivity index (χ0) is 15.9. The Morgan fingerprint density at radius 1 is 1.05 bits per heavy atom. The van der Waals surface area contributed by atoms with Gasteiger partial charge in [0.05, 0.1) is 0 Å². The summed E-state index contributed by atoms with van der Waals surface area (Å²) in [4.78, 5) is 12.2. The van der Waals surface area contributed by atoms with Crippen molar-refractivity contribution in [2.45, 2.75) is 33.1 Å². The van der Waals surface area contributed by atoms with Crippen LogP contribution in [0.1, 0.15) is 37.3 Å². The van der Waals surface area contributed by atoms with Gasteiger partial charge in [-0.25, -0.2) is 0 Å². The number of carbonyl (C=O) groups is 1. The zero-order valence-electron chi connectivity index (χ0n) is 13.5. The van der Waals surface area contributed by atoms with Crippen LogP contribution in [-0.4, -0.2) is 12.5 Å². The molecule has 116 valence electrons. The monoisotopic (exact) mass is 296 g/mol. The van der Waals surface area contributed by atoms with Crippen molar-refractivity contribution in [2.24, 2.45) is 0 Å². The lowest BCUT2D eigenvalue weighted by molar-refractivity contribution is -0.115. The second-order valence-electron chi connectivity index (χ2n) is 5.78. The smallest absolute Gasteiger partial charge is 0.226 e.